The SMILES string of the molecule is CC1(C)CN(c2ccc(C(N)=O)cn2)CCN1C(=O)c1ccc2c(-c3ccc(Cl)c(F)c3)cn(C(C)(C)C)c2n1. The van der Waals surface area contributed by atoms with E-state index in [0.717, 1.165) is 16.8 Å². The summed E-state index contributed by atoms with van der Waals surface area (Å²) in [6, 6.07) is 11.8. The van der Waals surface area contributed by atoms with E-state index < -0.39 is 17.3 Å². The van der Waals surface area contributed by atoms with Crippen molar-refractivity contribution in [1.29, 1.82) is 0 Å². The van der Waals surface area contributed by atoms with Gasteiger partial charge in [-0.25, -0.2) is 14.4 Å². The van der Waals surface area contributed by atoms with Gasteiger partial charge in [-0.05, 0) is 76.6 Å². The second kappa shape index (κ2) is 9.89. The highest BCUT2D eigenvalue weighted by atomic mass is 35.5. The Bertz CT molecular complexity index is 1620. The van der Waals surface area contributed by atoms with E-state index in [4.69, 9.17) is 22.3 Å². The molecule has 10 heteroatoms. The fraction of sp³-hybridized carbons (Fsp3) is 0.333. The largest absolute Gasteiger partial charge is 0.366 e. The molecule has 1 aliphatic heterocycles. The topological polar surface area (TPSA) is 97.4 Å². The number of hydrogen-bond acceptors (Lipinski definition) is 5. The average Bonchev–Trinajstić information content (AvgIpc) is 3.29. The van der Waals surface area contributed by atoms with Gasteiger partial charge in [-0.15, -0.1) is 0 Å². The van der Waals surface area contributed by atoms with E-state index in [9.17, 15) is 14.0 Å². The Morgan fingerprint density at radius 2 is 1.82 bits per heavy atom. The standard InChI is InChI=1S/C30H32ClFN6O2/c1-29(2,3)38-16-21(18-6-9-22(31)23(32)14-18)20-8-10-24(35-27(20)38)28(40)37-13-12-36(17-30(37,4)5)25-11-7-19(15-34-25)26(33)39/h6-11,14-16H,12-13,17H2,1-5H3,(H2,33,39). The highest BCUT2D eigenvalue weighted by Crippen LogP contribution is 2.35. The molecular weight excluding hydrogens is 531 g/mol. The third-order valence-electron chi connectivity index (χ3n) is 7.33. The lowest BCUT2D eigenvalue weighted by atomic mass is 9.97. The number of piperazine rings is 1. The van der Waals surface area contributed by atoms with Gasteiger partial charge in [0, 0.05) is 48.5 Å². The molecule has 0 bridgehead atoms. The zero-order chi connectivity index (χ0) is 29.0. The summed E-state index contributed by atoms with van der Waals surface area (Å²) in [7, 11) is 0. The number of carbonyl (C=O) groups is 2. The van der Waals surface area contributed by atoms with Crippen LogP contribution >= 0.6 is 11.6 Å². The molecule has 5 rings (SSSR count). The zero-order valence-corrected chi connectivity index (χ0v) is 24.0. The molecule has 0 atom stereocenters. The van der Waals surface area contributed by atoms with Crippen LogP contribution in [-0.2, 0) is 5.54 Å². The van der Waals surface area contributed by atoms with E-state index >= 15 is 0 Å². The predicted molar refractivity (Wildman–Crippen MR) is 155 cm³/mol. The van der Waals surface area contributed by atoms with Gasteiger partial charge >= 0.3 is 0 Å². The summed E-state index contributed by atoms with van der Waals surface area (Å²) in [6.07, 6.45) is 3.42. The summed E-state index contributed by atoms with van der Waals surface area (Å²) in [6.45, 7) is 11.8. The molecule has 0 spiro atoms. The van der Waals surface area contributed by atoms with Crippen molar-refractivity contribution in [3.05, 3.63) is 77.0 Å². The van der Waals surface area contributed by atoms with Crippen molar-refractivity contribution >= 4 is 40.3 Å². The quantitative estimate of drug-likeness (QED) is 0.355. The molecule has 0 unspecified atom stereocenters. The summed E-state index contributed by atoms with van der Waals surface area (Å²) in [5.74, 6) is -0.455. The highest BCUT2D eigenvalue weighted by Gasteiger charge is 2.38. The summed E-state index contributed by atoms with van der Waals surface area (Å²) in [4.78, 5) is 38.4. The number of nitrogens with zero attached hydrogens (tertiary/aromatic N) is 5. The Kier molecular flexibility index (Phi) is 6.82. The maximum atomic E-state index is 14.3. The van der Waals surface area contributed by atoms with Crippen LogP contribution in [0.15, 0.2) is 54.9 Å². The van der Waals surface area contributed by atoms with Gasteiger partial charge in [0.2, 0.25) is 5.91 Å². The minimum atomic E-state index is -0.524. The van der Waals surface area contributed by atoms with Crippen LogP contribution in [0.3, 0.4) is 0 Å². The summed E-state index contributed by atoms with van der Waals surface area (Å²) >= 11 is 5.92. The van der Waals surface area contributed by atoms with Crippen LogP contribution in [0.4, 0.5) is 10.2 Å². The fourth-order valence-corrected chi connectivity index (χ4v) is 5.33. The van der Waals surface area contributed by atoms with Gasteiger partial charge in [0.15, 0.2) is 0 Å². The first-order valence-corrected chi connectivity index (χ1v) is 13.4. The number of primary amides is 1. The number of hydrogen-bond donors (Lipinski definition) is 1. The van der Waals surface area contributed by atoms with Gasteiger partial charge in [-0.2, -0.15) is 0 Å². The molecule has 40 heavy (non-hydrogen) atoms. The number of pyridine rings is 2. The van der Waals surface area contributed by atoms with Crippen LogP contribution in [-0.4, -0.2) is 56.4 Å². The van der Waals surface area contributed by atoms with E-state index in [1.807, 2.05) is 35.6 Å². The molecule has 0 saturated carbocycles. The first kappa shape index (κ1) is 27.6. The van der Waals surface area contributed by atoms with Gasteiger partial charge in [-0.1, -0.05) is 17.7 Å². The number of fused-ring (bicyclic) bond motifs is 1. The van der Waals surface area contributed by atoms with Gasteiger partial charge in [0.1, 0.15) is 23.0 Å². The third kappa shape index (κ3) is 5.01. The van der Waals surface area contributed by atoms with Crippen LogP contribution in [0.1, 0.15) is 55.5 Å². The van der Waals surface area contributed by atoms with Gasteiger partial charge in [0.05, 0.1) is 16.1 Å². The molecule has 3 aromatic heterocycles. The monoisotopic (exact) mass is 562 g/mol. The maximum Gasteiger partial charge on any atom is 0.273 e. The van der Waals surface area contributed by atoms with Crippen LogP contribution in [0.2, 0.25) is 5.02 Å². The van der Waals surface area contributed by atoms with E-state index in [1.54, 1.807) is 30.3 Å². The van der Waals surface area contributed by atoms with Crippen LogP contribution in [0.5, 0.6) is 0 Å². The van der Waals surface area contributed by atoms with E-state index in [-0.39, 0.29) is 16.5 Å². The molecule has 208 valence electrons. The molecule has 0 radical (unpaired) electrons. The minimum absolute atomic E-state index is 0.0653. The number of aromatic nitrogens is 3. The maximum absolute atomic E-state index is 14.3. The molecule has 2 amide bonds. The first-order chi connectivity index (χ1) is 18.8. The van der Waals surface area contributed by atoms with Crippen molar-refractivity contribution in [3.8, 4) is 11.1 Å². The Labute approximate surface area is 237 Å². The Morgan fingerprint density at radius 3 is 2.42 bits per heavy atom. The number of nitrogens with two attached hydrogens (primary N) is 1. The van der Waals surface area contributed by atoms with Crippen molar-refractivity contribution in [2.75, 3.05) is 24.5 Å². The number of amides is 2. The normalized spacial score (nSPS) is 15.5. The molecule has 1 fully saturated rings. The summed E-state index contributed by atoms with van der Waals surface area (Å²) in [5, 5.41) is 0.887. The van der Waals surface area contributed by atoms with Crippen LogP contribution in [0.25, 0.3) is 22.2 Å². The van der Waals surface area contributed by atoms with Crippen molar-refractivity contribution in [2.45, 2.75) is 45.7 Å². The fourth-order valence-electron chi connectivity index (χ4n) is 5.21. The van der Waals surface area contributed by atoms with Crippen molar-refractivity contribution < 1.29 is 14.0 Å². The number of benzene rings is 1. The van der Waals surface area contributed by atoms with E-state index in [2.05, 4.69) is 30.7 Å². The number of halogens is 2. The first-order valence-electron chi connectivity index (χ1n) is 13.1. The minimum Gasteiger partial charge on any atom is -0.366 e. The zero-order valence-electron chi connectivity index (χ0n) is 23.2. The molecule has 0 aliphatic carbocycles. The lowest BCUT2D eigenvalue weighted by molar-refractivity contribution is 0.0507. The van der Waals surface area contributed by atoms with Crippen LogP contribution < -0.4 is 10.6 Å². The number of anilines is 1. The molecule has 1 saturated heterocycles. The number of carbonyl (C=O) groups excluding carboxylic acids is 2. The molecule has 4 heterocycles. The molecule has 2 N–H and O–H groups in total. The Morgan fingerprint density at radius 1 is 1.07 bits per heavy atom. The number of rotatable bonds is 4. The lowest BCUT2D eigenvalue weighted by Gasteiger charge is -2.47. The highest BCUT2D eigenvalue weighted by molar-refractivity contribution is 6.30. The van der Waals surface area contributed by atoms with Crippen LogP contribution in [0, 0.1) is 5.82 Å². The second-order valence-corrected chi connectivity index (χ2v) is 12.1. The Hall–Kier alpha value is -3.98. The third-order valence-corrected chi connectivity index (χ3v) is 7.63. The molecule has 1 aliphatic rings. The van der Waals surface area contributed by atoms with Gasteiger partial charge < -0.3 is 20.1 Å². The van der Waals surface area contributed by atoms with Gasteiger partial charge in [-0.3, -0.25) is 9.59 Å². The smallest absolute Gasteiger partial charge is 0.273 e. The van der Waals surface area contributed by atoms with Crippen molar-refractivity contribution in [1.82, 2.24) is 19.4 Å². The summed E-state index contributed by atoms with van der Waals surface area (Å²) in [5.41, 5.74) is 7.33. The lowest BCUT2D eigenvalue weighted by Crippen LogP contribution is -2.61. The van der Waals surface area contributed by atoms with Gasteiger partial charge in [0.25, 0.3) is 5.91 Å². The molecular formula is C30H32ClFN6O2. The summed E-state index contributed by atoms with van der Waals surface area (Å²) < 4.78 is 16.3. The molecule has 4 aromatic rings. The predicted octanol–water partition coefficient (Wildman–Crippen LogP) is 5.49. The molecule has 8 nitrogen and oxygen atoms in total. The second-order valence-electron chi connectivity index (χ2n) is 11.7. The van der Waals surface area contributed by atoms with E-state index in [0.29, 0.717) is 42.1 Å². The van der Waals surface area contributed by atoms with Crippen molar-refractivity contribution in [3.63, 3.8) is 0 Å². The van der Waals surface area contributed by atoms with E-state index in [1.165, 1.54) is 12.3 Å². The Balaban J connectivity index is 1.46. The van der Waals surface area contributed by atoms with Crippen molar-refractivity contribution in [2.24, 2.45) is 5.73 Å². The average molecular weight is 563 g/mol. The molecule has 1 aromatic carbocycles.